The zero-order valence-electron chi connectivity index (χ0n) is 28.4. The van der Waals surface area contributed by atoms with Crippen LogP contribution in [0.25, 0.3) is 0 Å². The average molecular weight is 690 g/mol. The van der Waals surface area contributed by atoms with Crippen molar-refractivity contribution in [2.75, 3.05) is 166 Å². The number of nitrogens with zero attached hydrogens (tertiary/aromatic N) is 1. The normalized spacial score (nSPS) is 12.8. The van der Waals surface area contributed by atoms with Crippen LogP contribution in [0, 0.1) is 0 Å². The molecule has 0 fully saturated rings. The van der Waals surface area contributed by atoms with E-state index in [0.717, 1.165) is 0 Å². The van der Waals surface area contributed by atoms with Crippen molar-refractivity contribution in [3.05, 3.63) is 35.4 Å². The average Bonchev–Trinajstić information content (AvgIpc) is 3.34. The molecule has 0 N–H and O–H groups in total. The molecule has 2 rings (SSSR count). The molecule has 1 aromatic rings. The van der Waals surface area contributed by atoms with E-state index in [2.05, 4.69) is 0 Å². The molecule has 15 nitrogen and oxygen atoms in total. The van der Waals surface area contributed by atoms with Crippen LogP contribution in [0.4, 0.5) is 0 Å². The summed E-state index contributed by atoms with van der Waals surface area (Å²) in [6, 6.07) is 6.82. The molecule has 1 aliphatic rings. The molecule has 0 radical (unpaired) electrons. The van der Waals surface area contributed by atoms with Crippen molar-refractivity contribution in [1.82, 2.24) is 4.90 Å². The molecule has 1 aliphatic heterocycles. The van der Waals surface area contributed by atoms with Gasteiger partial charge in [0.2, 0.25) is 0 Å². The fourth-order valence-electron chi connectivity index (χ4n) is 4.04. The van der Waals surface area contributed by atoms with E-state index in [9.17, 15) is 9.59 Å². The SMILES string of the molecule is COCCOCCOCCOCCOCCOCCOCCOCCOCCOCCOCCOCCN1C(=O)c2ccccc2C1=O. The number of benzene rings is 1. The molecule has 15 heteroatoms. The smallest absolute Gasteiger partial charge is 0.261 e. The molecule has 2 amide bonds. The fourth-order valence-corrected chi connectivity index (χ4v) is 4.04. The van der Waals surface area contributed by atoms with Crippen molar-refractivity contribution in [1.29, 1.82) is 0 Å². The third-order valence-electron chi connectivity index (χ3n) is 6.49. The number of fused-ring (bicyclic) bond motifs is 1. The molecule has 0 aromatic heterocycles. The summed E-state index contributed by atoms with van der Waals surface area (Å²) in [4.78, 5) is 25.8. The highest BCUT2D eigenvalue weighted by atomic mass is 16.6. The molecule has 0 saturated heterocycles. The zero-order valence-corrected chi connectivity index (χ0v) is 28.4. The molecule has 0 spiro atoms. The van der Waals surface area contributed by atoms with Gasteiger partial charge in [0.15, 0.2) is 0 Å². The first kappa shape index (κ1) is 42.0. The van der Waals surface area contributed by atoms with Gasteiger partial charge in [-0.2, -0.15) is 0 Å². The van der Waals surface area contributed by atoms with Crippen LogP contribution in [0.1, 0.15) is 20.7 Å². The van der Waals surface area contributed by atoms with Crippen molar-refractivity contribution in [3.63, 3.8) is 0 Å². The third-order valence-corrected chi connectivity index (χ3v) is 6.49. The van der Waals surface area contributed by atoms with Gasteiger partial charge in [-0.25, -0.2) is 0 Å². The van der Waals surface area contributed by atoms with E-state index in [-0.39, 0.29) is 25.0 Å². The lowest BCUT2D eigenvalue weighted by Crippen LogP contribution is -2.33. The molecule has 48 heavy (non-hydrogen) atoms. The van der Waals surface area contributed by atoms with Crippen molar-refractivity contribution in [2.24, 2.45) is 0 Å². The van der Waals surface area contributed by atoms with Crippen molar-refractivity contribution < 1.29 is 66.4 Å². The van der Waals surface area contributed by atoms with Crippen LogP contribution in [0.5, 0.6) is 0 Å². The summed E-state index contributed by atoms with van der Waals surface area (Å²) in [5.41, 5.74) is 0.883. The maximum absolute atomic E-state index is 12.3. The number of ether oxygens (including phenoxy) is 12. The summed E-state index contributed by atoms with van der Waals surface area (Å²) in [5.74, 6) is -0.556. The quantitative estimate of drug-likeness (QED) is 0.0732. The summed E-state index contributed by atoms with van der Waals surface area (Å²) in [6.07, 6.45) is 0. The van der Waals surface area contributed by atoms with Gasteiger partial charge in [-0.15, -0.1) is 0 Å². The van der Waals surface area contributed by atoms with E-state index in [0.29, 0.717) is 156 Å². The lowest BCUT2D eigenvalue weighted by molar-refractivity contribution is -0.0281. The van der Waals surface area contributed by atoms with E-state index in [1.807, 2.05) is 0 Å². The maximum Gasteiger partial charge on any atom is 0.261 e. The topological polar surface area (TPSA) is 148 Å². The van der Waals surface area contributed by atoms with Crippen molar-refractivity contribution >= 4 is 11.8 Å². The lowest BCUT2D eigenvalue weighted by atomic mass is 10.1. The number of hydrogen-bond acceptors (Lipinski definition) is 14. The Morgan fingerprint density at radius 1 is 0.375 bits per heavy atom. The van der Waals surface area contributed by atoms with Gasteiger partial charge in [-0.05, 0) is 12.1 Å². The number of hydrogen-bond donors (Lipinski definition) is 0. The van der Waals surface area contributed by atoms with Crippen LogP contribution in [-0.2, 0) is 56.8 Å². The molecule has 0 aliphatic carbocycles. The number of carbonyl (C=O) groups is 2. The van der Waals surface area contributed by atoms with Gasteiger partial charge in [0.1, 0.15) is 0 Å². The highest BCUT2D eigenvalue weighted by Crippen LogP contribution is 2.21. The Morgan fingerprint density at radius 3 is 0.854 bits per heavy atom. The Bertz CT molecular complexity index is 889. The molecular weight excluding hydrogens is 634 g/mol. The summed E-state index contributed by atoms with van der Waals surface area (Å²) < 4.78 is 64.8. The number of methoxy groups -OCH3 is 1. The Hall–Kier alpha value is -2.12. The first-order chi connectivity index (χ1) is 23.8. The first-order valence-corrected chi connectivity index (χ1v) is 16.5. The van der Waals surface area contributed by atoms with Crippen LogP contribution >= 0.6 is 0 Å². The van der Waals surface area contributed by atoms with Crippen molar-refractivity contribution in [2.45, 2.75) is 0 Å². The molecule has 0 unspecified atom stereocenters. The Kier molecular flexibility index (Phi) is 27.1. The minimum Gasteiger partial charge on any atom is -0.382 e. The van der Waals surface area contributed by atoms with Gasteiger partial charge in [0.05, 0.1) is 170 Å². The lowest BCUT2D eigenvalue weighted by Gasteiger charge is -2.13. The number of rotatable bonds is 36. The van der Waals surface area contributed by atoms with Crippen molar-refractivity contribution in [3.8, 4) is 0 Å². The second-order valence-corrected chi connectivity index (χ2v) is 10.0. The summed E-state index contributed by atoms with van der Waals surface area (Å²) >= 11 is 0. The predicted octanol–water partition coefficient (Wildman–Crippen LogP) is 1.11. The number of carbonyl (C=O) groups excluding carboxylic acids is 2. The molecule has 0 bridgehead atoms. The first-order valence-electron chi connectivity index (χ1n) is 16.5. The second kappa shape index (κ2) is 30.9. The third kappa shape index (κ3) is 21.1. The second-order valence-electron chi connectivity index (χ2n) is 10.0. The minimum absolute atomic E-state index is 0.214. The van der Waals surface area contributed by atoms with Gasteiger partial charge < -0.3 is 56.8 Å². The van der Waals surface area contributed by atoms with E-state index in [1.165, 1.54) is 4.90 Å². The van der Waals surface area contributed by atoms with Crippen LogP contribution in [0.2, 0.25) is 0 Å². The monoisotopic (exact) mass is 689 g/mol. The standard InChI is InChI=1S/C33H55NO14/c1-37-8-9-39-12-13-41-16-17-43-20-21-45-24-25-47-28-29-48-27-26-46-23-22-44-19-18-42-15-14-40-11-10-38-7-6-34-32(35)30-4-2-3-5-31(30)33(34)36/h2-5H,6-29H2,1H3. The van der Waals surface area contributed by atoms with Gasteiger partial charge >= 0.3 is 0 Å². The van der Waals surface area contributed by atoms with Gasteiger partial charge in [-0.3, -0.25) is 14.5 Å². The van der Waals surface area contributed by atoms with E-state index in [1.54, 1.807) is 31.4 Å². The summed E-state index contributed by atoms with van der Waals surface area (Å²) in [6.45, 7) is 11.3. The molecule has 1 heterocycles. The van der Waals surface area contributed by atoms with Crippen LogP contribution in [-0.4, -0.2) is 182 Å². The van der Waals surface area contributed by atoms with Gasteiger partial charge in [0, 0.05) is 7.11 Å². The Balaban J connectivity index is 1.17. The molecule has 1 aromatic carbocycles. The van der Waals surface area contributed by atoms with Crippen LogP contribution in [0.15, 0.2) is 24.3 Å². The molecule has 0 saturated carbocycles. The molecular formula is C33H55NO14. The van der Waals surface area contributed by atoms with E-state index >= 15 is 0 Å². The van der Waals surface area contributed by atoms with Crippen LogP contribution in [0.3, 0.4) is 0 Å². The molecule has 0 atom stereocenters. The highest BCUT2D eigenvalue weighted by molar-refractivity contribution is 6.21. The number of amides is 2. The Morgan fingerprint density at radius 2 is 0.604 bits per heavy atom. The van der Waals surface area contributed by atoms with E-state index in [4.69, 9.17) is 56.8 Å². The minimum atomic E-state index is -0.278. The largest absolute Gasteiger partial charge is 0.382 e. The summed E-state index contributed by atoms with van der Waals surface area (Å²) in [7, 11) is 1.64. The predicted molar refractivity (Wildman–Crippen MR) is 173 cm³/mol. The number of imide groups is 1. The maximum atomic E-state index is 12.3. The molecule has 276 valence electrons. The Labute approximate surface area is 284 Å². The van der Waals surface area contributed by atoms with Crippen LogP contribution < -0.4 is 0 Å². The summed E-state index contributed by atoms with van der Waals surface area (Å²) in [5, 5.41) is 0. The highest BCUT2D eigenvalue weighted by Gasteiger charge is 2.34. The zero-order chi connectivity index (χ0) is 34.2. The van der Waals surface area contributed by atoms with Gasteiger partial charge in [0.25, 0.3) is 11.8 Å². The fraction of sp³-hybridized carbons (Fsp3) is 0.758. The van der Waals surface area contributed by atoms with E-state index < -0.39 is 0 Å². The van der Waals surface area contributed by atoms with Gasteiger partial charge in [-0.1, -0.05) is 12.1 Å².